The molecule has 0 saturated carbocycles. The van der Waals surface area contributed by atoms with E-state index in [1.807, 2.05) is 0 Å². The van der Waals surface area contributed by atoms with Crippen LogP contribution in [0.4, 0.5) is 13.2 Å². The lowest BCUT2D eigenvalue weighted by Crippen LogP contribution is -2.39. The molecule has 0 fully saturated rings. The van der Waals surface area contributed by atoms with Gasteiger partial charge in [-0.15, -0.1) is 12.4 Å². The lowest BCUT2D eigenvalue weighted by molar-refractivity contribution is -0.210. The Hall–Kier alpha value is -0.0100. The Morgan fingerprint density at radius 2 is 1.88 bits per heavy atom. The van der Waals surface area contributed by atoms with E-state index in [4.69, 9.17) is 22.4 Å². The minimum Gasteiger partial charge on any atom is -0.382 e. The molecule has 0 saturated heterocycles. The number of halogens is 6. The second-order valence-electron chi connectivity index (χ2n) is 3.18. The second kappa shape index (κ2) is 6.24. The number of hydrogen-bond acceptors (Lipinski definition) is 2. The van der Waals surface area contributed by atoms with Crippen molar-refractivity contribution < 1.29 is 18.3 Å². The smallest absolute Gasteiger partial charge is 0.382 e. The zero-order valence-corrected chi connectivity index (χ0v) is 11.4. The molecule has 1 rings (SSSR count). The summed E-state index contributed by atoms with van der Waals surface area (Å²) >= 11 is 8.79. The summed E-state index contributed by atoms with van der Waals surface area (Å²) in [6.07, 6.45) is -7.41. The van der Waals surface area contributed by atoms with Crippen LogP contribution in [-0.4, -0.2) is 17.4 Å². The third kappa shape index (κ3) is 4.30. The zero-order valence-electron chi connectivity index (χ0n) is 8.21. The van der Waals surface area contributed by atoms with E-state index in [-0.39, 0.29) is 23.0 Å². The summed E-state index contributed by atoms with van der Waals surface area (Å²) in [5.41, 5.74) is 5.36. The molecular formula is C9H9BrCl2F3NO. The fourth-order valence-electron chi connectivity index (χ4n) is 1.14. The molecule has 2 nitrogen and oxygen atoms in total. The molecule has 2 atom stereocenters. The van der Waals surface area contributed by atoms with E-state index in [1.165, 1.54) is 12.1 Å². The van der Waals surface area contributed by atoms with Gasteiger partial charge in [0.05, 0.1) is 6.04 Å². The number of aliphatic hydroxyl groups is 1. The van der Waals surface area contributed by atoms with E-state index in [2.05, 4.69) is 15.9 Å². The van der Waals surface area contributed by atoms with E-state index in [9.17, 15) is 13.2 Å². The van der Waals surface area contributed by atoms with Crippen LogP contribution in [0.5, 0.6) is 0 Å². The summed E-state index contributed by atoms with van der Waals surface area (Å²) in [7, 11) is 0. The van der Waals surface area contributed by atoms with E-state index in [1.54, 1.807) is 6.07 Å². The summed E-state index contributed by atoms with van der Waals surface area (Å²) in [6.45, 7) is 0. The van der Waals surface area contributed by atoms with Gasteiger partial charge in [0.1, 0.15) is 0 Å². The van der Waals surface area contributed by atoms with Gasteiger partial charge in [0, 0.05) is 9.50 Å². The monoisotopic (exact) mass is 353 g/mol. The van der Waals surface area contributed by atoms with Crippen molar-refractivity contribution in [3.05, 3.63) is 33.3 Å². The van der Waals surface area contributed by atoms with Gasteiger partial charge < -0.3 is 10.8 Å². The number of nitrogens with two attached hydrogens (primary N) is 1. The van der Waals surface area contributed by atoms with Crippen molar-refractivity contribution in [3.8, 4) is 0 Å². The molecule has 0 aliphatic rings. The van der Waals surface area contributed by atoms with Crippen molar-refractivity contribution in [3.63, 3.8) is 0 Å². The average Bonchev–Trinajstić information content (AvgIpc) is 2.18. The van der Waals surface area contributed by atoms with Gasteiger partial charge in [-0.1, -0.05) is 27.5 Å². The van der Waals surface area contributed by atoms with E-state index in [0.29, 0.717) is 4.47 Å². The molecule has 98 valence electrons. The molecule has 8 heteroatoms. The summed E-state index contributed by atoms with van der Waals surface area (Å²) in [4.78, 5) is 0. The molecule has 0 spiro atoms. The van der Waals surface area contributed by atoms with Gasteiger partial charge in [-0.3, -0.25) is 0 Å². The van der Waals surface area contributed by atoms with Crippen LogP contribution in [0.3, 0.4) is 0 Å². The first kappa shape index (κ1) is 17.0. The van der Waals surface area contributed by atoms with Gasteiger partial charge in [0.2, 0.25) is 0 Å². The Bertz CT molecular complexity index is 389. The SMILES string of the molecule is Cl.N[C@@H](c1cc(Br)ccc1Cl)[C@H](O)C(F)(F)F. The summed E-state index contributed by atoms with van der Waals surface area (Å²) < 4.78 is 37.2. The second-order valence-corrected chi connectivity index (χ2v) is 4.50. The Morgan fingerprint density at radius 3 is 2.35 bits per heavy atom. The molecule has 0 aliphatic carbocycles. The van der Waals surface area contributed by atoms with Gasteiger partial charge in [0.25, 0.3) is 0 Å². The first-order chi connectivity index (χ1) is 7.23. The quantitative estimate of drug-likeness (QED) is 0.854. The zero-order chi connectivity index (χ0) is 12.5. The first-order valence-electron chi connectivity index (χ1n) is 4.19. The fraction of sp³-hybridized carbons (Fsp3) is 0.333. The number of alkyl halides is 3. The lowest BCUT2D eigenvalue weighted by Gasteiger charge is -2.22. The molecule has 3 N–H and O–H groups in total. The molecule has 1 aromatic carbocycles. The lowest BCUT2D eigenvalue weighted by atomic mass is 10.0. The Kier molecular flexibility index (Phi) is 6.24. The number of aliphatic hydroxyl groups excluding tert-OH is 1. The number of rotatable bonds is 2. The van der Waals surface area contributed by atoms with Gasteiger partial charge >= 0.3 is 6.18 Å². The van der Waals surface area contributed by atoms with Crippen LogP contribution in [0.25, 0.3) is 0 Å². The first-order valence-corrected chi connectivity index (χ1v) is 5.36. The summed E-state index contributed by atoms with van der Waals surface area (Å²) in [5.74, 6) is 0. The Labute approximate surface area is 115 Å². The molecule has 0 unspecified atom stereocenters. The number of benzene rings is 1. The number of hydrogen-bond donors (Lipinski definition) is 2. The van der Waals surface area contributed by atoms with E-state index < -0.39 is 18.3 Å². The largest absolute Gasteiger partial charge is 0.416 e. The van der Waals surface area contributed by atoms with Gasteiger partial charge in [-0.2, -0.15) is 13.2 Å². The van der Waals surface area contributed by atoms with Crippen molar-refractivity contribution in [2.45, 2.75) is 18.3 Å². The average molecular weight is 355 g/mol. The predicted molar refractivity (Wildman–Crippen MR) is 65.4 cm³/mol. The highest BCUT2D eigenvalue weighted by Gasteiger charge is 2.43. The van der Waals surface area contributed by atoms with Crippen LogP contribution in [0.2, 0.25) is 5.02 Å². The van der Waals surface area contributed by atoms with Crippen LogP contribution in [0.1, 0.15) is 11.6 Å². The van der Waals surface area contributed by atoms with Crippen molar-refractivity contribution in [2.24, 2.45) is 5.73 Å². The van der Waals surface area contributed by atoms with Crippen LogP contribution in [0.15, 0.2) is 22.7 Å². The van der Waals surface area contributed by atoms with Crippen molar-refractivity contribution in [1.29, 1.82) is 0 Å². The minimum atomic E-state index is -4.77. The van der Waals surface area contributed by atoms with Gasteiger partial charge in [-0.25, -0.2) is 0 Å². The Balaban J connectivity index is 0.00000256. The van der Waals surface area contributed by atoms with Crippen molar-refractivity contribution >= 4 is 39.9 Å². The normalized spacial score (nSPS) is 15.0. The highest BCUT2D eigenvalue weighted by atomic mass is 79.9. The fourth-order valence-corrected chi connectivity index (χ4v) is 1.77. The molecule has 0 amide bonds. The molecule has 0 radical (unpaired) electrons. The van der Waals surface area contributed by atoms with Gasteiger partial charge in [-0.05, 0) is 23.8 Å². The molecule has 0 aromatic heterocycles. The molecule has 1 aromatic rings. The molecule has 0 heterocycles. The highest BCUT2D eigenvalue weighted by molar-refractivity contribution is 9.10. The molecular weight excluding hydrogens is 346 g/mol. The maximum Gasteiger partial charge on any atom is 0.416 e. The molecule has 0 aliphatic heterocycles. The molecule has 0 bridgehead atoms. The van der Waals surface area contributed by atoms with Crippen molar-refractivity contribution in [2.75, 3.05) is 0 Å². The summed E-state index contributed by atoms with van der Waals surface area (Å²) in [6, 6.07) is 2.72. The van der Waals surface area contributed by atoms with E-state index in [0.717, 1.165) is 0 Å². The highest BCUT2D eigenvalue weighted by Crippen LogP contribution is 2.33. The van der Waals surface area contributed by atoms with Crippen LogP contribution in [-0.2, 0) is 0 Å². The third-order valence-electron chi connectivity index (χ3n) is 1.99. The summed E-state index contributed by atoms with van der Waals surface area (Å²) in [5, 5.41) is 9.08. The van der Waals surface area contributed by atoms with Crippen molar-refractivity contribution in [1.82, 2.24) is 0 Å². The van der Waals surface area contributed by atoms with Crippen LogP contribution >= 0.6 is 39.9 Å². The minimum absolute atomic E-state index is 0. The van der Waals surface area contributed by atoms with E-state index >= 15 is 0 Å². The Morgan fingerprint density at radius 1 is 1.35 bits per heavy atom. The maximum absolute atomic E-state index is 12.2. The maximum atomic E-state index is 12.2. The topological polar surface area (TPSA) is 46.2 Å². The van der Waals surface area contributed by atoms with Gasteiger partial charge in [0.15, 0.2) is 6.10 Å². The predicted octanol–water partition coefficient (Wildman–Crippen LogP) is 3.45. The van der Waals surface area contributed by atoms with Crippen LogP contribution in [0, 0.1) is 0 Å². The van der Waals surface area contributed by atoms with Crippen LogP contribution < -0.4 is 5.73 Å². The third-order valence-corrected chi connectivity index (χ3v) is 2.83. The molecule has 17 heavy (non-hydrogen) atoms. The standard InChI is InChI=1S/C9H8BrClF3NO.ClH/c10-4-1-2-6(11)5(3-4)7(15)8(16)9(12,13)14;/h1-3,7-8,16H,15H2;1H/t7-,8-;/m0./s1.